The molecule has 0 bridgehead atoms. The first kappa shape index (κ1) is 8.77. The van der Waals surface area contributed by atoms with Crippen molar-refractivity contribution in [1.29, 1.82) is 0 Å². The summed E-state index contributed by atoms with van der Waals surface area (Å²) in [5.74, 6) is 0.349. The summed E-state index contributed by atoms with van der Waals surface area (Å²) in [5.41, 5.74) is 0.860. The first-order chi connectivity index (χ1) is 5.65. The first-order valence-electron chi connectivity index (χ1n) is 3.93. The van der Waals surface area contributed by atoms with Crippen molar-refractivity contribution in [3.8, 4) is 0 Å². The lowest BCUT2D eigenvalue weighted by Crippen LogP contribution is -2.25. The molecule has 12 heavy (non-hydrogen) atoms. The Hall–Kier alpha value is -1.32. The van der Waals surface area contributed by atoms with Gasteiger partial charge < -0.3 is 9.88 Å². The molecule has 0 aliphatic rings. The maximum absolute atomic E-state index is 11.3. The van der Waals surface area contributed by atoms with E-state index in [0.29, 0.717) is 12.4 Å². The number of nitrogens with zero attached hydrogens (tertiary/aromatic N) is 2. The number of aryl methyl sites for hydroxylation is 2. The molecule has 1 aromatic rings. The minimum absolute atomic E-state index is 0.117. The van der Waals surface area contributed by atoms with Gasteiger partial charge in [0.15, 0.2) is 5.82 Å². The molecule has 0 unspecified atom stereocenters. The van der Waals surface area contributed by atoms with Crippen molar-refractivity contribution in [3.63, 3.8) is 0 Å². The van der Waals surface area contributed by atoms with E-state index in [-0.39, 0.29) is 5.91 Å². The fraction of sp³-hybridized carbons (Fsp3) is 0.500. The van der Waals surface area contributed by atoms with Crippen LogP contribution in [-0.2, 0) is 7.05 Å². The van der Waals surface area contributed by atoms with E-state index in [4.69, 9.17) is 0 Å². The molecule has 1 amide bonds. The van der Waals surface area contributed by atoms with Crippen LogP contribution in [0, 0.1) is 6.92 Å². The molecule has 0 aliphatic heterocycles. The Balaban J connectivity index is 2.87. The lowest BCUT2D eigenvalue weighted by Gasteiger charge is -2.00. The van der Waals surface area contributed by atoms with Crippen LogP contribution in [0.4, 0.5) is 0 Å². The van der Waals surface area contributed by atoms with Gasteiger partial charge in [0.2, 0.25) is 0 Å². The Morgan fingerprint density at radius 3 is 2.83 bits per heavy atom. The highest BCUT2D eigenvalue weighted by Gasteiger charge is 2.10. The Morgan fingerprint density at radius 1 is 1.75 bits per heavy atom. The predicted octanol–water partition coefficient (Wildman–Crippen LogP) is 0.478. The van der Waals surface area contributed by atoms with E-state index < -0.39 is 0 Å². The summed E-state index contributed by atoms with van der Waals surface area (Å²) >= 11 is 0. The summed E-state index contributed by atoms with van der Waals surface area (Å²) < 4.78 is 1.72. The zero-order valence-corrected chi connectivity index (χ0v) is 7.59. The van der Waals surface area contributed by atoms with Crippen LogP contribution in [0.2, 0.25) is 0 Å². The fourth-order valence-electron chi connectivity index (χ4n) is 1.07. The number of hydrogen-bond donors (Lipinski definition) is 1. The zero-order chi connectivity index (χ0) is 9.14. The molecule has 66 valence electrons. The van der Waals surface area contributed by atoms with E-state index in [1.807, 2.05) is 27.1 Å². The molecule has 0 aromatic carbocycles. The van der Waals surface area contributed by atoms with Gasteiger partial charge in [-0.05, 0) is 13.8 Å². The summed E-state index contributed by atoms with van der Waals surface area (Å²) in [6.07, 6.45) is 1.82. The summed E-state index contributed by atoms with van der Waals surface area (Å²) in [5, 5.41) is 2.69. The molecular formula is C8H13N3O. The van der Waals surface area contributed by atoms with Crippen LogP contribution in [0.1, 0.15) is 23.2 Å². The Morgan fingerprint density at radius 2 is 2.42 bits per heavy atom. The van der Waals surface area contributed by atoms with Crippen LogP contribution in [0.25, 0.3) is 0 Å². The normalized spacial score (nSPS) is 9.92. The SMILES string of the molecule is CCNC(=O)c1nc(C)cn1C. The largest absolute Gasteiger partial charge is 0.350 e. The first-order valence-corrected chi connectivity index (χ1v) is 3.93. The number of imidazole rings is 1. The molecule has 0 saturated heterocycles. The Bertz CT molecular complexity index is 290. The van der Waals surface area contributed by atoms with E-state index >= 15 is 0 Å². The summed E-state index contributed by atoms with van der Waals surface area (Å²) in [6.45, 7) is 4.38. The molecule has 0 aliphatic carbocycles. The lowest BCUT2D eigenvalue weighted by atomic mass is 10.5. The van der Waals surface area contributed by atoms with Crippen molar-refractivity contribution >= 4 is 5.91 Å². The molecule has 1 heterocycles. The van der Waals surface area contributed by atoms with Gasteiger partial charge in [-0.1, -0.05) is 0 Å². The second-order valence-corrected chi connectivity index (χ2v) is 2.68. The molecular weight excluding hydrogens is 154 g/mol. The molecule has 0 fully saturated rings. The number of nitrogens with one attached hydrogen (secondary N) is 1. The maximum Gasteiger partial charge on any atom is 0.287 e. The molecule has 1 N–H and O–H groups in total. The van der Waals surface area contributed by atoms with Gasteiger partial charge in [0.05, 0.1) is 5.69 Å². The number of carbonyl (C=O) groups excluding carboxylic acids is 1. The van der Waals surface area contributed by atoms with Crippen LogP contribution >= 0.6 is 0 Å². The molecule has 0 radical (unpaired) electrons. The molecule has 0 saturated carbocycles. The second kappa shape index (κ2) is 3.38. The van der Waals surface area contributed by atoms with Crippen LogP contribution in [0.5, 0.6) is 0 Å². The predicted molar refractivity (Wildman–Crippen MR) is 46.0 cm³/mol. The molecule has 1 aromatic heterocycles. The quantitative estimate of drug-likeness (QED) is 0.696. The van der Waals surface area contributed by atoms with E-state index in [0.717, 1.165) is 5.69 Å². The third-order valence-electron chi connectivity index (χ3n) is 1.54. The number of hydrogen-bond acceptors (Lipinski definition) is 2. The topological polar surface area (TPSA) is 46.9 Å². The number of carbonyl (C=O) groups is 1. The summed E-state index contributed by atoms with van der Waals surface area (Å²) in [7, 11) is 1.81. The maximum atomic E-state index is 11.3. The average molecular weight is 167 g/mol. The lowest BCUT2D eigenvalue weighted by molar-refractivity contribution is 0.0942. The van der Waals surface area contributed by atoms with Crippen molar-refractivity contribution in [2.75, 3.05) is 6.54 Å². The van der Waals surface area contributed by atoms with Gasteiger partial charge in [-0.3, -0.25) is 4.79 Å². The molecule has 1 rings (SSSR count). The third kappa shape index (κ3) is 1.64. The second-order valence-electron chi connectivity index (χ2n) is 2.68. The molecule has 4 heteroatoms. The standard InChI is InChI=1S/C8H13N3O/c1-4-9-8(12)7-10-6(2)5-11(7)3/h5H,4H2,1-3H3,(H,9,12). The van der Waals surface area contributed by atoms with E-state index in [2.05, 4.69) is 10.3 Å². The van der Waals surface area contributed by atoms with Crippen LogP contribution < -0.4 is 5.32 Å². The smallest absolute Gasteiger partial charge is 0.287 e. The number of aromatic nitrogens is 2. The van der Waals surface area contributed by atoms with Gasteiger partial charge in [-0.25, -0.2) is 4.98 Å². The third-order valence-corrected chi connectivity index (χ3v) is 1.54. The van der Waals surface area contributed by atoms with Gasteiger partial charge in [-0.15, -0.1) is 0 Å². The minimum atomic E-state index is -0.117. The Kier molecular flexibility index (Phi) is 2.47. The highest BCUT2D eigenvalue weighted by molar-refractivity contribution is 5.90. The number of amides is 1. The van der Waals surface area contributed by atoms with Crippen molar-refractivity contribution in [1.82, 2.24) is 14.9 Å². The average Bonchev–Trinajstić information content (AvgIpc) is 2.30. The highest BCUT2D eigenvalue weighted by Crippen LogP contribution is 1.98. The summed E-state index contributed by atoms with van der Waals surface area (Å²) in [6, 6.07) is 0. The molecule has 0 spiro atoms. The van der Waals surface area contributed by atoms with Crippen LogP contribution in [-0.4, -0.2) is 22.0 Å². The fourth-order valence-corrected chi connectivity index (χ4v) is 1.07. The van der Waals surface area contributed by atoms with Crippen molar-refractivity contribution in [2.45, 2.75) is 13.8 Å². The monoisotopic (exact) mass is 167 g/mol. The molecule has 4 nitrogen and oxygen atoms in total. The zero-order valence-electron chi connectivity index (χ0n) is 7.59. The molecule has 0 atom stereocenters. The van der Waals surface area contributed by atoms with Gasteiger partial charge in [0.25, 0.3) is 5.91 Å². The van der Waals surface area contributed by atoms with E-state index in [9.17, 15) is 4.79 Å². The van der Waals surface area contributed by atoms with Gasteiger partial charge in [-0.2, -0.15) is 0 Å². The van der Waals surface area contributed by atoms with Crippen LogP contribution in [0.3, 0.4) is 0 Å². The van der Waals surface area contributed by atoms with E-state index in [1.54, 1.807) is 4.57 Å². The van der Waals surface area contributed by atoms with Crippen molar-refractivity contribution in [3.05, 3.63) is 17.7 Å². The van der Waals surface area contributed by atoms with E-state index in [1.165, 1.54) is 0 Å². The van der Waals surface area contributed by atoms with Gasteiger partial charge in [0.1, 0.15) is 0 Å². The summed E-state index contributed by atoms with van der Waals surface area (Å²) in [4.78, 5) is 15.4. The van der Waals surface area contributed by atoms with Gasteiger partial charge >= 0.3 is 0 Å². The van der Waals surface area contributed by atoms with Gasteiger partial charge in [0, 0.05) is 19.8 Å². The highest BCUT2D eigenvalue weighted by atomic mass is 16.2. The minimum Gasteiger partial charge on any atom is -0.350 e. The van der Waals surface area contributed by atoms with Crippen molar-refractivity contribution in [2.24, 2.45) is 7.05 Å². The Labute approximate surface area is 71.6 Å². The number of rotatable bonds is 2. The van der Waals surface area contributed by atoms with Crippen molar-refractivity contribution < 1.29 is 4.79 Å². The van der Waals surface area contributed by atoms with Crippen LogP contribution in [0.15, 0.2) is 6.20 Å².